The molecule has 0 unspecified atom stereocenters. The second-order valence-corrected chi connectivity index (χ2v) is 6.83. The number of fused-ring (bicyclic) bond motifs is 3. The Morgan fingerprint density at radius 2 is 2.04 bits per heavy atom. The molecule has 7 nitrogen and oxygen atoms in total. The molecule has 146 valence electrons. The standard InChI is InChI=1S/C20H22FN5O2/c1-4-25(5-2)10-14-9-22-19(28-14)18-17-11-24(3)20(27)15-8-13(21)6-7-16(15)26(17)12-23-18/h6-9,12H,4-5,10-11H2,1-3H3. The minimum atomic E-state index is -0.446. The van der Waals surface area contributed by atoms with E-state index in [1.165, 1.54) is 12.1 Å². The minimum Gasteiger partial charge on any atom is -0.438 e. The first-order valence-corrected chi connectivity index (χ1v) is 9.30. The highest BCUT2D eigenvalue weighted by Gasteiger charge is 2.28. The molecule has 3 heterocycles. The summed E-state index contributed by atoms with van der Waals surface area (Å²) in [7, 11) is 1.69. The molecule has 1 aliphatic rings. The van der Waals surface area contributed by atoms with Crippen LogP contribution < -0.4 is 0 Å². The predicted octanol–water partition coefficient (Wildman–Crippen LogP) is 3.09. The van der Waals surface area contributed by atoms with Crippen molar-refractivity contribution in [3.63, 3.8) is 0 Å². The van der Waals surface area contributed by atoms with Gasteiger partial charge < -0.3 is 9.32 Å². The van der Waals surface area contributed by atoms with Crippen molar-refractivity contribution in [2.45, 2.75) is 26.9 Å². The summed E-state index contributed by atoms with van der Waals surface area (Å²) in [6.07, 6.45) is 3.34. The topological polar surface area (TPSA) is 67.4 Å². The molecule has 4 rings (SSSR count). The van der Waals surface area contributed by atoms with Crippen LogP contribution in [0.4, 0.5) is 4.39 Å². The molecular weight excluding hydrogens is 361 g/mol. The van der Waals surface area contributed by atoms with Crippen molar-refractivity contribution < 1.29 is 13.6 Å². The largest absolute Gasteiger partial charge is 0.438 e. The Balaban J connectivity index is 1.75. The lowest BCUT2D eigenvalue weighted by atomic mass is 10.1. The number of halogens is 1. The first-order chi connectivity index (χ1) is 13.5. The number of carbonyl (C=O) groups is 1. The molecule has 28 heavy (non-hydrogen) atoms. The Kier molecular flexibility index (Phi) is 4.72. The van der Waals surface area contributed by atoms with Gasteiger partial charge in [0.25, 0.3) is 5.91 Å². The van der Waals surface area contributed by atoms with Gasteiger partial charge in [0.05, 0.1) is 36.2 Å². The van der Waals surface area contributed by atoms with Gasteiger partial charge in [-0.3, -0.25) is 14.3 Å². The summed E-state index contributed by atoms with van der Waals surface area (Å²) >= 11 is 0. The molecule has 0 fully saturated rings. The van der Waals surface area contributed by atoms with E-state index in [-0.39, 0.29) is 5.91 Å². The van der Waals surface area contributed by atoms with Gasteiger partial charge in [-0.2, -0.15) is 0 Å². The van der Waals surface area contributed by atoms with Gasteiger partial charge in [0.2, 0.25) is 5.89 Å². The molecule has 8 heteroatoms. The Morgan fingerprint density at radius 1 is 1.25 bits per heavy atom. The van der Waals surface area contributed by atoms with Crippen molar-refractivity contribution in [3.05, 3.63) is 53.6 Å². The van der Waals surface area contributed by atoms with Crippen LogP contribution in [0.25, 0.3) is 17.3 Å². The monoisotopic (exact) mass is 383 g/mol. The third-order valence-corrected chi connectivity index (χ3v) is 5.08. The number of hydrogen-bond acceptors (Lipinski definition) is 5. The summed E-state index contributed by atoms with van der Waals surface area (Å²) in [5.74, 6) is 0.500. The lowest BCUT2D eigenvalue weighted by molar-refractivity contribution is 0.0787. The maximum Gasteiger partial charge on any atom is 0.256 e. The zero-order valence-corrected chi connectivity index (χ0v) is 16.1. The van der Waals surface area contributed by atoms with Gasteiger partial charge in [0.1, 0.15) is 23.6 Å². The highest BCUT2D eigenvalue weighted by atomic mass is 19.1. The van der Waals surface area contributed by atoms with Crippen LogP contribution in [-0.4, -0.2) is 50.4 Å². The summed E-state index contributed by atoms with van der Waals surface area (Å²) in [6, 6.07) is 4.20. The van der Waals surface area contributed by atoms with Gasteiger partial charge in [-0.15, -0.1) is 0 Å². The number of aromatic nitrogens is 3. The van der Waals surface area contributed by atoms with Gasteiger partial charge in [-0.05, 0) is 31.3 Å². The molecule has 0 atom stereocenters. The Hall–Kier alpha value is -3.00. The predicted molar refractivity (Wildman–Crippen MR) is 101 cm³/mol. The average Bonchev–Trinajstić information content (AvgIpc) is 3.30. The van der Waals surface area contributed by atoms with Crippen LogP contribution in [-0.2, 0) is 13.1 Å². The van der Waals surface area contributed by atoms with E-state index in [9.17, 15) is 9.18 Å². The lowest BCUT2D eigenvalue weighted by Gasteiger charge is -2.15. The first-order valence-electron chi connectivity index (χ1n) is 9.30. The van der Waals surface area contributed by atoms with E-state index in [0.29, 0.717) is 35.9 Å². The molecule has 1 aliphatic heterocycles. The van der Waals surface area contributed by atoms with E-state index < -0.39 is 5.82 Å². The molecular formula is C20H22FN5O2. The fraction of sp³-hybridized carbons (Fsp3) is 0.350. The second kappa shape index (κ2) is 7.20. The SMILES string of the molecule is CCN(CC)Cc1cnc(-c2ncn3c2CN(C)C(=O)c2cc(F)ccc2-3)o1. The van der Waals surface area contributed by atoms with Crippen LogP contribution in [0.15, 0.2) is 35.1 Å². The number of hydrogen-bond donors (Lipinski definition) is 0. The second-order valence-electron chi connectivity index (χ2n) is 6.83. The quantitative estimate of drug-likeness (QED) is 0.677. The summed E-state index contributed by atoms with van der Waals surface area (Å²) in [6.45, 7) is 7.04. The van der Waals surface area contributed by atoms with E-state index in [1.807, 2.05) is 0 Å². The van der Waals surface area contributed by atoms with Crippen molar-refractivity contribution in [1.82, 2.24) is 24.3 Å². The van der Waals surface area contributed by atoms with E-state index in [1.54, 1.807) is 35.1 Å². The fourth-order valence-corrected chi connectivity index (χ4v) is 3.46. The average molecular weight is 383 g/mol. The van der Waals surface area contributed by atoms with Crippen LogP contribution in [0.1, 0.15) is 35.7 Å². The van der Waals surface area contributed by atoms with E-state index in [4.69, 9.17) is 4.42 Å². The Morgan fingerprint density at radius 3 is 2.79 bits per heavy atom. The normalized spacial score (nSPS) is 13.6. The van der Waals surface area contributed by atoms with Gasteiger partial charge in [-0.25, -0.2) is 14.4 Å². The van der Waals surface area contributed by atoms with Crippen LogP contribution in [0.5, 0.6) is 0 Å². The highest BCUT2D eigenvalue weighted by molar-refractivity contribution is 5.98. The molecule has 0 N–H and O–H groups in total. The van der Waals surface area contributed by atoms with Crippen molar-refractivity contribution in [1.29, 1.82) is 0 Å². The molecule has 1 aromatic carbocycles. The van der Waals surface area contributed by atoms with Crippen LogP contribution in [0, 0.1) is 5.82 Å². The maximum absolute atomic E-state index is 13.7. The fourth-order valence-electron chi connectivity index (χ4n) is 3.46. The lowest BCUT2D eigenvalue weighted by Crippen LogP contribution is -2.25. The van der Waals surface area contributed by atoms with Gasteiger partial charge in [0, 0.05) is 7.05 Å². The molecule has 0 radical (unpaired) electrons. The summed E-state index contributed by atoms with van der Waals surface area (Å²) in [4.78, 5) is 25.3. The molecule has 3 aromatic rings. The summed E-state index contributed by atoms with van der Waals surface area (Å²) in [5, 5.41) is 0. The number of carbonyl (C=O) groups excluding carboxylic acids is 1. The molecule has 0 bridgehead atoms. The van der Waals surface area contributed by atoms with Gasteiger partial charge in [0.15, 0.2) is 0 Å². The molecule has 2 aromatic heterocycles. The van der Waals surface area contributed by atoms with E-state index in [0.717, 1.165) is 24.5 Å². The molecule has 0 spiro atoms. The van der Waals surface area contributed by atoms with Crippen molar-refractivity contribution in [2.75, 3.05) is 20.1 Å². The number of oxazole rings is 1. The zero-order valence-electron chi connectivity index (χ0n) is 16.1. The van der Waals surface area contributed by atoms with Crippen LogP contribution in [0.3, 0.4) is 0 Å². The Bertz CT molecular complexity index is 1020. The number of benzene rings is 1. The van der Waals surface area contributed by atoms with E-state index >= 15 is 0 Å². The smallest absolute Gasteiger partial charge is 0.256 e. The molecule has 0 aliphatic carbocycles. The maximum atomic E-state index is 13.7. The number of nitrogens with zero attached hydrogens (tertiary/aromatic N) is 5. The number of imidazole rings is 1. The summed E-state index contributed by atoms with van der Waals surface area (Å²) < 4.78 is 21.5. The third kappa shape index (κ3) is 3.09. The van der Waals surface area contributed by atoms with Crippen molar-refractivity contribution in [2.24, 2.45) is 0 Å². The van der Waals surface area contributed by atoms with Gasteiger partial charge >= 0.3 is 0 Å². The van der Waals surface area contributed by atoms with Crippen LogP contribution in [0.2, 0.25) is 0 Å². The van der Waals surface area contributed by atoms with Gasteiger partial charge in [-0.1, -0.05) is 13.8 Å². The minimum absolute atomic E-state index is 0.237. The molecule has 0 saturated heterocycles. The number of rotatable bonds is 5. The first kappa shape index (κ1) is 18.4. The Labute approximate surface area is 162 Å². The van der Waals surface area contributed by atoms with Crippen molar-refractivity contribution in [3.8, 4) is 17.3 Å². The third-order valence-electron chi connectivity index (χ3n) is 5.08. The zero-order chi connectivity index (χ0) is 19.8. The van der Waals surface area contributed by atoms with Crippen molar-refractivity contribution >= 4 is 5.91 Å². The van der Waals surface area contributed by atoms with E-state index in [2.05, 4.69) is 28.7 Å². The highest BCUT2D eigenvalue weighted by Crippen LogP contribution is 2.30. The van der Waals surface area contributed by atoms with Crippen LogP contribution >= 0.6 is 0 Å². The number of amides is 1. The molecule has 1 amide bonds. The summed E-state index contributed by atoms with van der Waals surface area (Å²) in [5.41, 5.74) is 2.26. The molecule has 0 saturated carbocycles.